The molecule has 160 valence electrons. The summed E-state index contributed by atoms with van der Waals surface area (Å²) >= 11 is 0. The number of aromatic nitrogens is 1. The van der Waals surface area contributed by atoms with Gasteiger partial charge in [-0.05, 0) is 68.8 Å². The second-order valence-corrected chi connectivity index (χ2v) is 9.62. The first-order valence-corrected chi connectivity index (χ1v) is 10.9. The summed E-state index contributed by atoms with van der Waals surface area (Å²) in [6.07, 6.45) is 3.33. The number of primary amides is 1. The number of hydrogen-bond acceptors (Lipinski definition) is 4. The Balaban J connectivity index is 1.96. The number of Topliss-reactive ketones (excluding diaryl/α,β-unsaturated/α-hetero) is 1. The summed E-state index contributed by atoms with van der Waals surface area (Å²) in [5, 5.41) is 6.94. The molecule has 2 aromatic rings. The van der Waals surface area contributed by atoms with Crippen LogP contribution in [0.3, 0.4) is 0 Å². The number of nitrogens with one attached hydrogen (secondary N) is 2. The van der Waals surface area contributed by atoms with Crippen LogP contribution in [0.15, 0.2) is 18.2 Å². The zero-order chi connectivity index (χ0) is 21.6. The molecule has 6 heteroatoms. The second-order valence-electron chi connectivity index (χ2n) is 9.62. The van der Waals surface area contributed by atoms with Crippen molar-refractivity contribution in [1.82, 2.24) is 9.88 Å². The van der Waals surface area contributed by atoms with Gasteiger partial charge in [0.1, 0.15) is 0 Å². The van der Waals surface area contributed by atoms with Crippen molar-refractivity contribution in [3.8, 4) is 5.69 Å². The first-order chi connectivity index (χ1) is 14.2. The molecule has 0 radical (unpaired) electrons. The Kier molecular flexibility index (Phi) is 5.22. The van der Waals surface area contributed by atoms with Gasteiger partial charge in [-0.3, -0.25) is 9.59 Å². The summed E-state index contributed by atoms with van der Waals surface area (Å²) in [5.74, 6) is -0.208. The third-order valence-corrected chi connectivity index (χ3v) is 6.35. The normalized spacial score (nSPS) is 20.9. The molecule has 0 saturated heterocycles. The van der Waals surface area contributed by atoms with Gasteiger partial charge in [-0.25, -0.2) is 0 Å². The molecule has 0 fully saturated rings. The molecule has 4 N–H and O–H groups in total. The SMILES string of the molecule is Cc1c2c(n3c1CCCNC[C@H](C)Nc1cc-3ccc1C(N)=O)CC(C)(C)CC2=O. The molecule has 1 aromatic heterocycles. The number of nitrogens with two attached hydrogens (primary N) is 1. The fourth-order valence-electron chi connectivity index (χ4n) is 5.01. The number of rotatable bonds is 1. The minimum atomic E-state index is -0.446. The molecule has 0 unspecified atom stereocenters. The van der Waals surface area contributed by atoms with Crippen molar-refractivity contribution in [3.63, 3.8) is 0 Å². The fourth-order valence-corrected chi connectivity index (χ4v) is 5.01. The lowest BCUT2D eigenvalue weighted by atomic mass is 9.75. The van der Waals surface area contributed by atoms with E-state index in [0.717, 1.165) is 60.5 Å². The van der Waals surface area contributed by atoms with E-state index in [1.807, 2.05) is 12.1 Å². The van der Waals surface area contributed by atoms with Gasteiger partial charge >= 0.3 is 0 Å². The van der Waals surface area contributed by atoms with E-state index in [2.05, 4.69) is 42.9 Å². The summed E-state index contributed by atoms with van der Waals surface area (Å²) in [5.41, 5.74) is 12.1. The van der Waals surface area contributed by atoms with E-state index >= 15 is 0 Å². The van der Waals surface area contributed by atoms with Gasteiger partial charge in [0.2, 0.25) is 0 Å². The van der Waals surface area contributed by atoms with Crippen LogP contribution in [0.25, 0.3) is 5.69 Å². The van der Waals surface area contributed by atoms with Crippen LogP contribution in [0.5, 0.6) is 0 Å². The molecule has 2 bridgehead atoms. The van der Waals surface area contributed by atoms with Crippen molar-refractivity contribution in [3.05, 3.63) is 46.3 Å². The minimum Gasteiger partial charge on any atom is -0.381 e. The van der Waals surface area contributed by atoms with E-state index in [-0.39, 0.29) is 17.2 Å². The summed E-state index contributed by atoms with van der Waals surface area (Å²) in [6, 6.07) is 5.91. The highest BCUT2D eigenvalue weighted by molar-refractivity contribution is 6.01. The molecule has 4 rings (SSSR count). The van der Waals surface area contributed by atoms with Gasteiger partial charge in [0.05, 0.1) is 5.56 Å². The molecular weight excluding hydrogens is 376 g/mol. The first kappa shape index (κ1) is 20.7. The monoisotopic (exact) mass is 408 g/mol. The summed E-state index contributed by atoms with van der Waals surface area (Å²) < 4.78 is 2.27. The van der Waals surface area contributed by atoms with Crippen LogP contribution >= 0.6 is 0 Å². The van der Waals surface area contributed by atoms with Gasteiger partial charge in [-0.2, -0.15) is 0 Å². The zero-order valence-electron chi connectivity index (χ0n) is 18.4. The summed E-state index contributed by atoms with van der Waals surface area (Å²) in [4.78, 5) is 25.1. The van der Waals surface area contributed by atoms with Crippen molar-refractivity contribution < 1.29 is 9.59 Å². The Morgan fingerprint density at radius 1 is 1.23 bits per heavy atom. The fraction of sp³-hybridized carbons (Fsp3) is 0.500. The van der Waals surface area contributed by atoms with Crippen molar-refractivity contribution in [2.24, 2.45) is 11.1 Å². The highest BCUT2D eigenvalue weighted by atomic mass is 16.1. The number of amides is 1. The van der Waals surface area contributed by atoms with Crippen LogP contribution in [-0.4, -0.2) is 35.4 Å². The number of benzene rings is 1. The predicted molar refractivity (Wildman–Crippen MR) is 120 cm³/mol. The standard InChI is InChI=1S/C24H32N4O2/c1-14-13-26-9-5-6-19-15(2)22-20(11-24(3,4)12-21(22)29)28(19)16-7-8-17(23(25)30)18(10-16)27-14/h7-8,10,14,26-27H,5-6,9,11-13H2,1-4H3,(H2,25,30)/t14-/m0/s1. The Hall–Kier alpha value is -2.60. The molecule has 2 aliphatic rings. The van der Waals surface area contributed by atoms with Crippen molar-refractivity contribution in [1.29, 1.82) is 0 Å². The van der Waals surface area contributed by atoms with E-state index in [1.54, 1.807) is 6.07 Å². The summed E-state index contributed by atoms with van der Waals surface area (Å²) in [6.45, 7) is 10.2. The number of nitrogens with zero attached hydrogens (tertiary/aromatic N) is 1. The van der Waals surface area contributed by atoms with Crippen LogP contribution in [0, 0.1) is 12.3 Å². The van der Waals surface area contributed by atoms with Gasteiger partial charge in [0.15, 0.2) is 5.78 Å². The maximum Gasteiger partial charge on any atom is 0.250 e. The number of anilines is 1. The smallest absolute Gasteiger partial charge is 0.250 e. The lowest BCUT2D eigenvalue weighted by Gasteiger charge is -2.30. The lowest BCUT2D eigenvalue weighted by molar-refractivity contribution is 0.0909. The highest BCUT2D eigenvalue weighted by Gasteiger charge is 2.36. The number of hydrogen-bond donors (Lipinski definition) is 3. The van der Waals surface area contributed by atoms with Gasteiger partial charge in [0.25, 0.3) is 5.91 Å². The largest absolute Gasteiger partial charge is 0.381 e. The van der Waals surface area contributed by atoms with E-state index in [0.29, 0.717) is 12.0 Å². The van der Waals surface area contributed by atoms with Crippen LogP contribution in [0.2, 0.25) is 0 Å². The average Bonchev–Trinajstić information content (AvgIpc) is 2.90. The molecule has 1 atom stereocenters. The molecule has 2 heterocycles. The molecule has 0 spiro atoms. The molecular formula is C24H32N4O2. The van der Waals surface area contributed by atoms with Gasteiger partial charge in [-0.1, -0.05) is 13.8 Å². The van der Waals surface area contributed by atoms with Crippen molar-refractivity contribution >= 4 is 17.4 Å². The minimum absolute atomic E-state index is 0.0698. The Labute approximate surface area is 178 Å². The molecule has 1 amide bonds. The Morgan fingerprint density at radius 2 is 2.00 bits per heavy atom. The molecule has 1 aliphatic heterocycles. The van der Waals surface area contributed by atoms with Gasteiger partial charge in [0, 0.05) is 47.3 Å². The molecule has 1 aliphatic carbocycles. The second kappa shape index (κ2) is 7.58. The molecule has 0 saturated carbocycles. The molecule has 30 heavy (non-hydrogen) atoms. The lowest BCUT2D eigenvalue weighted by Crippen LogP contribution is -2.32. The van der Waals surface area contributed by atoms with Crippen molar-refractivity contribution in [2.45, 2.75) is 59.4 Å². The highest BCUT2D eigenvalue weighted by Crippen LogP contribution is 2.40. The van der Waals surface area contributed by atoms with Crippen LogP contribution in [-0.2, 0) is 12.8 Å². The summed E-state index contributed by atoms with van der Waals surface area (Å²) in [7, 11) is 0. The quantitative estimate of drug-likeness (QED) is 0.675. The topological polar surface area (TPSA) is 89.2 Å². The Morgan fingerprint density at radius 3 is 2.73 bits per heavy atom. The van der Waals surface area contributed by atoms with E-state index in [1.165, 1.54) is 5.69 Å². The maximum atomic E-state index is 13.1. The van der Waals surface area contributed by atoms with E-state index in [4.69, 9.17) is 5.73 Å². The number of carbonyl (C=O) groups is 2. The molecule has 1 aromatic carbocycles. The van der Waals surface area contributed by atoms with Crippen molar-refractivity contribution in [2.75, 3.05) is 18.4 Å². The van der Waals surface area contributed by atoms with Crippen LogP contribution < -0.4 is 16.4 Å². The first-order valence-electron chi connectivity index (χ1n) is 10.9. The van der Waals surface area contributed by atoms with Crippen LogP contribution in [0.4, 0.5) is 5.69 Å². The van der Waals surface area contributed by atoms with E-state index < -0.39 is 5.91 Å². The van der Waals surface area contributed by atoms with Crippen LogP contribution in [0.1, 0.15) is 71.3 Å². The number of carbonyl (C=O) groups excluding carboxylic acids is 2. The predicted octanol–water partition coefficient (Wildman–Crippen LogP) is 3.38. The maximum absolute atomic E-state index is 13.1. The zero-order valence-corrected chi connectivity index (χ0v) is 18.4. The van der Waals surface area contributed by atoms with Gasteiger partial charge < -0.3 is 20.9 Å². The third kappa shape index (κ3) is 3.65. The van der Waals surface area contributed by atoms with Gasteiger partial charge in [-0.15, -0.1) is 0 Å². The van der Waals surface area contributed by atoms with E-state index in [9.17, 15) is 9.59 Å². The number of fused-ring (bicyclic) bond motifs is 6. The third-order valence-electron chi connectivity index (χ3n) is 6.35. The number of ketones is 1. The Bertz CT molecular complexity index is 1020. The molecule has 6 nitrogen and oxygen atoms in total. The average molecular weight is 409 g/mol.